The van der Waals surface area contributed by atoms with Gasteiger partial charge in [-0.2, -0.15) is 0 Å². The van der Waals surface area contributed by atoms with E-state index in [4.69, 9.17) is 16.7 Å². The SMILES string of the molecule is CC(=O)NC(CCC(=O)O)c1ccc(Cl)cc1. The van der Waals surface area contributed by atoms with Gasteiger partial charge in [-0.1, -0.05) is 23.7 Å². The maximum Gasteiger partial charge on any atom is 0.303 e. The molecule has 0 aliphatic rings. The zero-order valence-corrected chi connectivity index (χ0v) is 10.2. The standard InChI is InChI=1S/C12H14ClNO3/c1-8(15)14-11(6-7-12(16)17)9-2-4-10(13)5-3-9/h2-5,11H,6-7H2,1H3,(H,14,15)(H,16,17). The Morgan fingerprint density at radius 1 is 1.35 bits per heavy atom. The van der Waals surface area contributed by atoms with Gasteiger partial charge in [0.1, 0.15) is 0 Å². The fourth-order valence-corrected chi connectivity index (χ4v) is 1.66. The van der Waals surface area contributed by atoms with Crippen molar-refractivity contribution < 1.29 is 14.7 Å². The van der Waals surface area contributed by atoms with Crippen molar-refractivity contribution >= 4 is 23.5 Å². The number of carbonyl (C=O) groups is 2. The van der Waals surface area contributed by atoms with Crippen molar-refractivity contribution in [1.29, 1.82) is 0 Å². The predicted octanol–water partition coefficient (Wildman–Crippen LogP) is 2.38. The van der Waals surface area contributed by atoms with Crippen molar-refractivity contribution in [3.8, 4) is 0 Å². The number of benzene rings is 1. The molecule has 0 saturated carbocycles. The van der Waals surface area contributed by atoms with Gasteiger partial charge in [-0.3, -0.25) is 9.59 Å². The molecule has 92 valence electrons. The second-order valence-corrected chi connectivity index (χ2v) is 4.17. The van der Waals surface area contributed by atoms with Crippen molar-refractivity contribution in [3.63, 3.8) is 0 Å². The summed E-state index contributed by atoms with van der Waals surface area (Å²) in [5, 5.41) is 12.0. The van der Waals surface area contributed by atoms with Gasteiger partial charge >= 0.3 is 5.97 Å². The van der Waals surface area contributed by atoms with E-state index in [0.717, 1.165) is 5.56 Å². The fraction of sp³-hybridized carbons (Fsp3) is 0.333. The van der Waals surface area contributed by atoms with Crippen molar-refractivity contribution in [1.82, 2.24) is 5.32 Å². The van der Waals surface area contributed by atoms with E-state index in [2.05, 4.69) is 5.32 Å². The number of nitrogens with one attached hydrogen (secondary N) is 1. The Labute approximate surface area is 105 Å². The van der Waals surface area contributed by atoms with Gasteiger partial charge in [0.05, 0.1) is 6.04 Å². The number of rotatable bonds is 5. The lowest BCUT2D eigenvalue weighted by molar-refractivity contribution is -0.137. The van der Waals surface area contributed by atoms with Gasteiger partial charge in [-0.25, -0.2) is 0 Å². The average molecular weight is 256 g/mol. The van der Waals surface area contributed by atoms with Crippen molar-refractivity contribution in [2.45, 2.75) is 25.8 Å². The molecule has 0 saturated heterocycles. The summed E-state index contributed by atoms with van der Waals surface area (Å²) >= 11 is 5.77. The molecule has 4 nitrogen and oxygen atoms in total. The number of amides is 1. The van der Waals surface area contributed by atoms with E-state index >= 15 is 0 Å². The van der Waals surface area contributed by atoms with E-state index in [9.17, 15) is 9.59 Å². The molecule has 0 spiro atoms. The van der Waals surface area contributed by atoms with Crippen LogP contribution >= 0.6 is 11.6 Å². The minimum absolute atomic E-state index is 0.00751. The number of carbonyl (C=O) groups excluding carboxylic acids is 1. The lowest BCUT2D eigenvalue weighted by Gasteiger charge is -2.17. The maximum atomic E-state index is 11.1. The number of hydrogen-bond acceptors (Lipinski definition) is 2. The molecular weight excluding hydrogens is 242 g/mol. The monoisotopic (exact) mass is 255 g/mol. The van der Waals surface area contributed by atoms with E-state index in [1.165, 1.54) is 6.92 Å². The summed E-state index contributed by atoms with van der Waals surface area (Å²) in [7, 11) is 0. The lowest BCUT2D eigenvalue weighted by atomic mass is 10.0. The topological polar surface area (TPSA) is 66.4 Å². The van der Waals surface area contributed by atoms with E-state index in [-0.39, 0.29) is 18.4 Å². The zero-order valence-electron chi connectivity index (χ0n) is 9.44. The molecular formula is C12H14ClNO3. The van der Waals surface area contributed by atoms with Gasteiger partial charge in [-0.05, 0) is 24.1 Å². The summed E-state index contributed by atoms with van der Waals surface area (Å²) in [5.74, 6) is -1.07. The summed E-state index contributed by atoms with van der Waals surface area (Å²) in [4.78, 5) is 21.6. The first kappa shape index (κ1) is 13.5. The molecule has 0 aliphatic heterocycles. The number of aliphatic carboxylic acids is 1. The number of hydrogen-bond donors (Lipinski definition) is 2. The smallest absolute Gasteiger partial charge is 0.303 e. The third-order valence-electron chi connectivity index (χ3n) is 2.30. The van der Waals surface area contributed by atoms with E-state index < -0.39 is 5.97 Å². The first-order valence-corrected chi connectivity index (χ1v) is 5.61. The molecule has 17 heavy (non-hydrogen) atoms. The molecule has 0 aliphatic carbocycles. The van der Waals surface area contributed by atoms with Crippen molar-refractivity contribution in [2.24, 2.45) is 0 Å². The Hall–Kier alpha value is -1.55. The van der Waals surface area contributed by atoms with Crippen LogP contribution in [0.1, 0.15) is 31.4 Å². The Kier molecular flexibility index (Phi) is 4.97. The second-order valence-electron chi connectivity index (χ2n) is 3.74. The Bertz CT molecular complexity index is 403. The third-order valence-corrected chi connectivity index (χ3v) is 2.55. The molecule has 2 N–H and O–H groups in total. The van der Waals surface area contributed by atoms with E-state index in [0.29, 0.717) is 11.4 Å². The normalized spacial score (nSPS) is 11.9. The number of halogens is 1. The molecule has 1 unspecified atom stereocenters. The third kappa shape index (κ3) is 4.87. The molecule has 0 radical (unpaired) electrons. The quantitative estimate of drug-likeness (QED) is 0.849. The number of carboxylic acids is 1. The first-order valence-electron chi connectivity index (χ1n) is 5.23. The van der Waals surface area contributed by atoms with Crippen LogP contribution < -0.4 is 5.32 Å². The zero-order chi connectivity index (χ0) is 12.8. The highest BCUT2D eigenvalue weighted by Crippen LogP contribution is 2.20. The molecule has 1 aromatic rings. The van der Waals surface area contributed by atoms with Gasteiger partial charge in [0, 0.05) is 18.4 Å². The van der Waals surface area contributed by atoms with Crippen LogP contribution in [0.5, 0.6) is 0 Å². The van der Waals surface area contributed by atoms with Crippen molar-refractivity contribution in [2.75, 3.05) is 0 Å². The molecule has 1 amide bonds. The Balaban J connectivity index is 2.77. The molecule has 5 heteroatoms. The summed E-state index contributed by atoms with van der Waals surface area (Å²) in [6, 6.07) is 6.70. The summed E-state index contributed by atoms with van der Waals surface area (Å²) in [6.45, 7) is 1.41. The Morgan fingerprint density at radius 3 is 2.41 bits per heavy atom. The highest BCUT2D eigenvalue weighted by molar-refractivity contribution is 6.30. The molecule has 1 rings (SSSR count). The van der Waals surface area contributed by atoms with Crippen molar-refractivity contribution in [3.05, 3.63) is 34.9 Å². The highest BCUT2D eigenvalue weighted by Gasteiger charge is 2.14. The van der Waals surface area contributed by atoms with Gasteiger partial charge in [0.2, 0.25) is 5.91 Å². The largest absolute Gasteiger partial charge is 0.481 e. The summed E-state index contributed by atoms with van der Waals surface area (Å²) in [6.07, 6.45) is 0.365. The molecule has 0 fully saturated rings. The average Bonchev–Trinajstić information content (AvgIpc) is 2.25. The number of carboxylic acid groups (broad SMARTS) is 1. The van der Waals surface area contributed by atoms with Gasteiger partial charge in [-0.15, -0.1) is 0 Å². The summed E-state index contributed by atoms with van der Waals surface area (Å²) in [5.41, 5.74) is 0.853. The lowest BCUT2D eigenvalue weighted by Crippen LogP contribution is -2.26. The van der Waals surface area contributed by atoms with Gasteiger partial charge in [0.15, 0.2) is 0 Å². The molecule has 1 atom stereocenters. The van der Waals surface area contributed by atoms with Crippen LogP contribution in [-0.4, -0.2) is 17.0 Å². The van der Waals surface area contributed by atoms with E-state index in [1.807, 2.05) is 0 Å². The summed E-state index contributed by atoms with van der Waals surface area (Å²) < 4.78 is 0. The van der Waals surface area contributed by atoms with Crippen LogP contribution in [0.2, 0.25) is 5.02 Å². The van der Waals surface area contributed by atoms with Gasteiger partial charge < -0.3 is 10.4 Å². The minimum Gasteiger partial charge on any atom is -0.481 e. The van der Waals surface area contributed by atoms with Crippen LogP contribution in [0.4, 0.5) is 0 Å². The van der Waals surface area contributed by atoms with Gasteiger partial charge in [0.25, 0.3) is 0 Å². The highest BCUT2D eigenvalue weighted by atomic mass is 35.5. The van der Waals surface area contributed by atoms with E-state index in [1.54, 1.807) is 24.3 Å². The fourth-order valence-electron chi connectivity index (χ4n) is 1.53. The Morgan fingerprint density at radius 2 is 1.94 bits per heavy atom. The first-order chi connectivity index (χ1) is 7.99. The van der Waals surface area contributed by atoms with Crippen LogP contribution in [0.3, 0.4) is 0 Å². The van der Waals surface area contributed by atoms with Crippen LogP contribution in [-0.2, 0) is 9.59 Å². The maximum absolute atomic E-state index is 11.1. The van der Waals surface area contributed by atoms with Crippen LogP contribution in [0.25, 0.3) is 0 Å². The minimum atomic E-state index is -0.880. The predicted molar refractivity (Wildman–Crippen MR) is 64.9 cm³/mol. The molecule has 0 bridgehead atoms. The second kappa shape index (κ2) is 6.25. The molecule has 0 aromatic heterocycles. The van der Waals surface area contributed by atoms with Crippen LogP contribution in [0.15, 0.2) is 24.3 Å². The molecule has 1 aromatic carbocycles. The molecule has 0 heterocycles. The van der Waals surface area contributed by atoms with Crippen LogP contribution in [0, 0.1) is 0 Å².